The van der Waals surface area contributed by atoms with Gasteiger partial charge in [0.15, 0.2) is 5.82 Å². The molecule has 4 aliphatic rings. The standard InChI is InChI=1S/C48H47F2N9O3/c1-27-19-33(20-28(2)39(27)49)59-43(57-17-16-56(45(57)61)37-8-7-36-35(40(37)50)24-52-54(36)6)38-29(3)58(26-48(13-14-48)41(38)53-59)44(60)34-22-32-21-30(31-10-18-62-46(4,5)23-31)9-15-55(32)42(34)47(25-51)11-12-47/h7-9,15-17,19-22,24,29,31H,10-14,18,23,26H2,1-6H3/t29-,31?/m0/s1. The molecule has 2 aromatic carbocycles. The Balaban J connectivity index is 1.07. The summed E-state index contributed by atoms with van der Waals surface area (Å²) in [6.45, 7) is 10.7. The average Bonchev–Trinajstić information content (AvgIpc) is 4.00. The average molecular weight is 836 g/mol. The number of ether oxygens (including phenoxy) is 1. The summed E-state index contributed by atoms with van der Waals surface area (Å²) in [4.78, 5) is 32.1. The van der Waals surface area contributed by atoms with Gasteiger partial charge >= 0.3 is 5.69 Å². The predicted molar refractivity (Wildman–Crippen MR) is 228 cm³/mol. The van der Waals surface area contributed by atoms with Gasteiger partial charge in [-0.1, -0.05) is 0 Å². The number of nitriles is 1. The number of aromatic nitrogens is 7. The van der Waals surface area contributed by atoms with E-state index in [1.54, 1.807) is 60.7 Å². The highest BCUT2D eigenvalue weighted by atomic mass is 19.1. The number of pyridine rings is 1. The Morgan fingerprint density at radius 1 is 0.968 bits per heavy atom. The molecule has 2 atom stereocenters. The van der Waals surface area contributed by atoms with Gasteiger partial charge in [-0.25, -0.2) is 18.3 Å². The lowest BCUT2D eigenvalue weighted by Gasteiger charge is -2.38. The number of hydrogen-bond acceptors (Lipinski definition) is 6. The van der Waals surface area contributed by atoms with Crippen molar-refractivity contribution in [3.63, 3.8) is 0 Å². The van der Waals surface area contributed by atoms with E-state index in [0.717, 1.165) is 42.6 Å². The number of benzene rings is 2. The van der Waals surface area contributed by atoms with Gasteiger partial charge in [-0.2, -0.15) is 15.5 Å². The van der Waals surface area contributed by atoms with Crippen molar-refractivity contribution in [2.24, 2.45) is 7.05 Å². The number of amides is 1. The van der Waals surface area contributed by atoms with Crippen LogP contribution in [0.4, 0.5) is 8.78 Å². The van der Waals surface area contributed by atoms with Crippen molar-refractivity contribution in [3.8, 4) is 23.3 Å². The van der Waals surface area contributed by atoms with Crippen molar-refractivity contribution in [2.45, 2.75) is 102 Å². The predicted octanol–water partition coefficient (Wildman–Crippen LogP) is 8.32. The maximum Gasteiger partial charge on any atom is 0.338 e. The van der Waals surface area contributed by atoms with Crippen molar-refractivity contribution in [2.75, 3.05) is 13.2 Å². The van der Waals surface area contributed by atoms with Crippen molar-refractivity contribution in [1.29, 1.82) is 5.26 Å². The summed E-state index contributed by atoms with van der Waals surface area (Å²) in [5.41, 5.74) is 4.78. The molecule has 1 spiro atoms. The number of nitrogens with zero attached hydrogens (tertiary/aromatic N) is 9. The maximum atomic E-state index is 16.1. The van der Waals surface area contributed by atoms with E-state index in [1.807, 2.05) is 28.5 Å². The van der Waals surface area contributed by atoms with Gasteiger partial charge in [0.2, 0.25) is 0 Å². The van der Waals surface area contributed by atoms with Crippen LogP contribution < -0.4 is 5.69 Å². The molecular weight excluding hydrogens is 789 g/mol. The smallest absolute Gasteiger partial charge is 0.338 e. The van der Waals surface area contributed by atoms with E-state index < -0.39 is 28.4 Å². The summed E-state index contributed by atoms with van der Waals surface area (Å²) in [5, 5.41) is 20.3. The molecule has 2 aliphatic heterocycles. The van der Waals surface area contributed by atoms with Crippen LogP contribution in [0.15, 0.2) is 72.0 Å². The molecule has 5 aromatic heterocycles. The van der Waals surface area contributed by atoms with Gasteiger partial charge in [0.05, 0.1) is 68.6 Å². The van der Waals surface area contributed by atoms with Gasteiger partial charge in [0.1, 0.15) is 11.6 Å². The number of carbonyl (C=O) groups is 1. The zero-order valence-electron chi connectivity index (χ0n) is 35.7. The Bertz CT molecular complexity index is 3140. The lowest BCUT2D eigenvalue weighted by Crippen LogP contribution is -2.44. The van der Waals surface area contributed by atoms with Crippen LogP contribution in [0.3, 0.4) is 0 Å². The fourth-order valence-electron chi connectivity index (χ4n) is 10.5. The molecule has 11 rings (SSSR count). The second kappa shape index (κ2) is 13.1. The van der Waals surface area contributed by atoms with Crippen molar-refractivity contribution >= 4 is 22.3 Å². The zero-order valence-corrected chi connectivity index (χ0v) is 35.7. The molecule has 0 N–H and O–H groups in total. The van der Waals surface area contributed by atoms with Gasteiger partial charge in [-0.3, -0.25) is 18.6 Å². The van der Waals surface area contributed by atoms with E-state index in [1.165, 1.54) is 27.1 Å². The van der Waals surface area contributed by atoms with Gasteiger partial charge in [0.25, 0.3) is 5.91 Å². The molecule has 2 saturated carbocycles. The fourth-order valence-corrected chi connectivity index (χ4v) is 10.5. The minimum atomic E-state index is -0.778. The van der Waals surface area contributed by atoms with Crippen molar-refractivity contribution in [3.05, 3.63) is 129 Å². The zero-order chi connectivity index (χ0) is 43.2. The second-order valence-electron chi connectivity index (χ2n) is 18.9. The van der Waals surface area contributed by atoms with Crippen molar-refractivity contribution < 1.29 is 18.3 Å². The monoisotopic (exact) mass is 835 g/mol. The van der Waals surface area contributed by atoms with Gasteiger partial charge in [-0.05, 0) is 138 Å². The summed E-state index contributed by atoms with van der Waals surface area (Å²) in [6, 6.07) is 15.0. The van der Waals surface area contributed by atoms with Crippen LogP contribution in [-0.2, 0) is 22.6 Å². The first-order valence-corrected chi connectivity index (χ1v) is 21.5. The number of fused-ring (bicyclic) bond motifs is 4. The van der Waals surface area contributed by atoms with Crippen LogP contribution in [-0.4, -0.2) is 62.7 Å². The summed E-state index contributed by atoms with van der Waals surface area (Å²) < 4.78 is 45.3. The molecule has 3 fully saturated rings. The first-order chi connectivity index (χ1) is 29.6. The summed E-state index contributed by atoms with van der Waals surface area (Å²) in [6.07, 6.45) is 11.3. The minimum Gasteiger partial charge on any atom is -0.376 e. The van der Waals surface area contributed by atoms with Gasteiger partial charge in [-0.15, -0.1) is 0 Å². The number of halogens is 2. The van der Waals surface area contributed by atoms with E-state index in [0.29, 0.717) is 71.2 Å². The molecule has 2 aliphatic carbocycles. The third-order valence-electron chi connectivity index (χ3n) is 14.3. The molecule has 7 heterocycles. The van der Waals surface area contributed by atoms with Crippen LogP contribution in [0.1, 0.15) is 115 Å². The van der Waals surface area contributed by atoms with Crippen LogP contribution in [0, 0.1) is 36.8 Å². The lowest BCUT2D eigenvalue weighted by molar-refractivity contribution is -0.0593. The molecule has 316 valence electrons. The highest BCUT2D eigenvalue weighted by Crippen LogP contribution is 2.57. The Morgan fingerprint density at radius 2 is 1.71 bits per heavy atom. The number of rotatable bonds is 6. The first kappa shape index (κ1) is 38.6. The van der Waals surface area contributed by atoms with Crippen molar-refractivity contribution in [1.82, 2.24) is 38.0 Å². The highest BCUT2D eigenvalue weighted by molar-refractivity contribution is 5.99. The number of carbonyl (C=O) groups excluding carboxylic acids is 1. The van der Waals surface area contributed by atoms with Crippen LogP contribution in [0.5, 0.6) is 0 Å². The first-order valence-electron chi connectivity index (χ1n) is 21.5. The third-order valence-corrected chi connectivity index (χ3v) is 14.3. The molecule has 1 saturated heterocycles. The van der Waals surface area contributed by atoms with Crippen LogP contribution >= 0.6 is 0 Å². The maximum absolute atomic E-state index is 16.1. The molecular formula is C48H47F2N9O3. The topological polar surface area (TPSA) is 120 Å². The summed E-state index contributed by atoms with van der Waals surface area (Å²) in [5.74, 6) is -0.393. The Labute approximate surface area is 356 Å². The summed E-state index contributed by atoms with van der Waals surface area (Å²) in [7, 11) is 1.73. The van der Waals surface area contributed by atoms with E-state index >= 15 is 13.6 Å². The number of hydrogen-bond donors (Lipinski definition) is 0. The Morgan fingerprint density at radius 3 is 2.40 bits per heavy atom. The lowest BCUT2D eigenvalue weighted by atomic mass is 9.84. The number of imidazole rings is 1. The molecule has 1 unspecified atom stereocenters. The van der Waals surface area contributed by atoms with E-state index in [-0.39, 0.29) is 28.4 Å². The Hall–Kier alpha value is -6.33. The molecule has 0 bridgehead atoms. The van der Waals surface area contributed by atoms with E-state index in [4.69, 9.17) is 9.84 Å². The SMILES string of the molecule is Cc1cc(-n2nc3c(c2-n2ccn(-c4ccc5c(cnn5C)c4F)c2=O)[C@H](C)N(C(=O)c2cc4cc(C5CCOC(C)(C)C5)ccn4c2C2(C#N)CC2)CC32CC2)cc(C)c1F. The molecule has 0 radical (unpaired) electrons. The molecule has 12 nitrogen and oxygen atoms in total. The van der Waals surface area contributed by atoms with E-state index in [9.17, 15) is 10.1 Å². The molecule has 1 amide bonds. The number of aryl methyl sites for hydroxylation is 3. The quantitative estimate of drug-likeness (QED) is 0.166. The van der Waals surface area contributed by atoms with Gasteiger partial charge in [0, 0.05) is 55.3 Å². The Kier molecular flexibility index (Phi) is 8.15. The van der Waals surface area contributed by atoms with Crippen LogP contribution in [0.2, 0.25) is 0 Å². The molecule has 62 heavy (non-hydrogen) atoms. The van der Waals surface area contributed by atoms with E-state index in [2.05, 4.69) is 37.1 Å². The minimum absolute atomic E-state index is 0.0645. The molecule has 14 heteroatoms. The molecule has 7 aromatic rings. The highest BCUT2D eigenvalue weighted by Gasteiger charge is 2.57. The fraction of sp³-hybridized carbons (Fsp3) is 0.396. The normalized spacial score (nSPS) is 20.8. The third kappa shape index (κ3) is 5.56. The largest absolute Gasteiger partial charge is 0.376 e. The summed E-state index contributed by atoms with van der Waals surface area (Å²) >= 11 is 0. The second-order valence-corrected chi connectivity index (χ2v) is 18.9. The van der Waals surface area contributed by atoms with Gasteiger partial charge < -0.3 is 14.0 Å². The van der Waals surface area contributed by atoms with Crippen LogP contribution in [0.25, 0.3) is 33.6 Å².